The molecule has 1 atom stereocenters. The average Bonchev–Trinajstić information content (AvgIpc) is 2.74. The summed E-state index contributed by atoms with van der Waals surface area (Å²) in [5.74, 6) is -1.21. The minimum Gasteiger partial charge on any atom is -0.322 e. The van der Waals surface area contributed by atoms with Gasteiger partial charge in [-0.3, -0.25) is 13.8 Å². The number of nitrogens with zero attached hydrogens (tertiary/aromatic N) is 1. The van der Waals surface area contributed by atoms with Crippen LogP contribution in [0.4, 0.5) is 15.8 Å². The maximum absolute atomic E-state index is 13.2. The Morgan fingerprint density at radius 1 is 1.13 bits per heavy atom. The molecule has 5 nitrogen and oxygen atoms in total. The van der Waals surface area contributed by atoms with Gasteiger partial charge in [0.1, 0.15) is 11.6 Å². The first-order valence-electron chi connectivity index (χ1n) is 9.46. The molecule has 2 amide bonds. The summed E-state index contributed by atoms with van der Waals surface area (Å²) in [7, 11) is -1.49. The zero-order chi connectivity index (χ0) is 22.1. The van der Waals surface area contributed by atoms with Gasteiger partial charge in [-0.1, -0.05) is 29.8 Å². The third-order valence-corrected chi connectivity index (χ3v) is 6.75. The molecule has 3 aromatic carbocycles. The normalized spacial score (nSPS) is 15.5. The Labute approximate surface area is 186 Å². The molecule has 158 valence electrons. The van der Waals surface area contributed by atoms with Crippen molar-refractivity contribution in [1.29, 1.82) is 0 Å². The van der Waals surface area contributed by atoms with Gasteiger partial charge in [0.15, 0.2) is 0 Å². The monoisotopic (exact) mass is 456 g/mol. The summed E-state index contributed by atoms with van der Waals surface area (Å²) >= 11 is 6.12. The highest BCUT2D eigenvalue weighted by atomic mass is 35.5. The summed E-state index contributed by atoms with van der Waals surface area (Å²) in [5.41, 5.74) is 2.88. The molecule has 0 unspecified atom stereocenters. The van der Waals surface area contributed by atoms with E-state index < -0.39 is 10.8 Å². The topological polar surface area (TPSA) is 66.5 Å². The first-order valence-corrected chi connectivity index (χ1v) is 11.2. The van der Waals surface area contributed by atoms with Crippen molar-refractivity contribution in [3.8, 4) is 0 Å². The Morgan fingerprint density at radius 2 is 1.87 bits per heavy atom. The number of nitrogens with one attached hydrogen (secondary N) is 1. The lowest BCUT2D eigenvalue weighted by Crippen LogP contribution is -2.38. The van der Waals surface area contributed by atoms with Crippen molar-refractivity contribution in [2.45, 2.75) is 18.4 Å². The van der Waals surface area contributed by atoms with E-state index in [0.29, 0.717) is 26.9 Å². The summed E-state index contributed by atoms with van der Waals surface area (Å²) in [6.07, 6.45) is 0. The van der Waals surface area contributed by atoms with Gasteiger partial charge < -0.3 is 10.2 Å². The standard InChI is InChI=1S/C23H18ClFN2O3S/c1-14-2-8-18(11-19(14)24)26-23(29)16-5-9-21-20(10-16)27(22(28)13-31(21)30)12-15-3-6-17(25)7-4-15/h2-11H,12-13H2,1H3,(H,26,29)/t31-/m1/s1. The van der Waals surface area contributed by atoms with E-state index in [1.165, 1.54) is 17.0 Å². The third kappa shape index (κ3) is 4.52. The van der Waals surface area contributed by atoms with Crippen LogP contribution < -0.4 is 10.2 Å². The summed E-state index contributed by atoms with van der Waals surface area (Å²) in [6.45, 7) is 2.05. The van der Waals surface area contributed by atoms with Crippen LogP contribution >= 0.6 is 11.6 Å². The number of carbonyl (C=O) groups is 2. The maximum atomic E-state index is 13.2. The van der Waals surface area contributed by atoms with E-state index in [9.17, 15) is 18.2 Å². The van der Waals surface area contributed by atoms with Gasteiger partial charge in [0.25, 0.3) is 5.91 Å². The molecule has 0 bridgehead atoms. The van der Waals surface area contributed by atoms with Gasteiger partial charge >= 0.3 is 0 Å². The quantitative estimate of drug-likeness (QED) is 0.619. The highest BCUT2D eigenvalue weighted by Crippen LogP contribution is 2.32. The highest BCUT2D eigenvalue weighted by Gasteiger charge is 2.30. The van der Waals surface area contributed by atoms with E-state index in [-0.39, 0.29) is 29.9 Å². The summed E-state index contributed by atoms with van der Waals surface area (Å²) in [4.78, 5) is 27.4. The molecule has 0 radical (unpaired) electrons. The predicted octanol–water partition coefficient (Wildman–Crippen LogP) is 4.69. The fraction of sp³-hybridized carbons (Fsp3) is 0.130. The third-order valence-electron chi connectivity index (χ3n) is 5.00. The lowest BCUT2D eigenvalue weighted by Gasteiger charge is -2.29. The van der Waals surface area contributed by atoms with Crippen LogP contribution in [0.15, 0.2) is 65.6 Å². The largest absolute Gasteiger partial charge is 0.322 e. The second-order valence-electron chi connectivity index (χ2n) is 7.20. The maximum Gasteiger partial charge on any atom is 0.255 e. The second kappa shape index (κ2) is 8.61. The minimum atomic E-state index is -1.49. The van der Waals surface area contributed by atoms with Crippen molar-refractivity contribution in [3.63, 3.8) is 0 Å². The molecule has 0 saturated carbocycles. The van der Waals surface area contributed by atoms with Crippen molar-refractivity contribution < 1.29 is 18.2 Å². The number of hydrogen-bond acceptors (Lipinski definition) is 3. The minimum absolute atomic E-state index is 0.137. The lowest BCUT2D eigenvalue weighted by molar-refractivity contribution is -0.116. The fourth-order valence-corrected chi connectivity index (χ4v) is 4.62. The van der Waals surface area contributed by atoms with Crippen molar-refractivity contribution in [2.24, 2.45) is 0 Å². The number of benzene rings is 3. The van der Waals surface area contributed by atoms with Gasteiger partial charge in [-0.25, -0.2) is 4.39 Å². The van der Waals surface area contributed by atoms with E-state index in [2.05, 4.69) is 5.32 Å². The van der Waals surface area contributed by atoms with Crippen LogP contribution in [0, 0.1) is 12.7 Å². The molecule has 8 heteroatoms. The molecular weight excluding hydrogens is 439 g/mol. The molecule has 0 spiro atoms. The molecule has 1 aliphatic rings. The Balaban J connectivity index is 1.65. The zero-order valence-electron chi connectivity index (χ0n) is 16.5. The highest BCUT2D eigenvalue weighted by molar-refractivity contribution is 7.86. The van der Waals surface area contributed by atoms with E-state index in [1.807, 2.05) is 6.92 Å². The number of hydrogen-bond donors (Lipinski definition) is 1. The number of fused-ring (bicyclic) bond motifs is 1. The fourth-order valence-electron chi connectivity index (χ4n) is 3.28. The van der Waals surface area contributed by atoms with Gasteiger partial charge in [0.2, 0.25) is 5.91 Å². The van der Waals surface area contributed by atoms with Gasteiger partial charge in [0.05, 0.1) is 27.9 Å². The number of aryl methyl sites for hydroxylation is 1. The molecule has 1 heterocycles. The van der Waals surface area contributed by atoms with Crippen LogP contribution in [-0.4, -0.2) is 21.8 Å². The molecule has 0 fully saturated rings. The van der Waals surface area contributed by atoms with Crippen LogP contribution in [0.2, 0.25) is 5.02 Å². The molecule has 1 N–H and O–H groups in total. The van der Waals surface area contributed by atoms with Crippen molar-refractivity contribution in [2.75, 3.05) is 16.0 Å². The first kappa shape index (κ1) is 21.2. The molecule has 1 aliphatic heterocycles. The van der Waals surface area contributed by atoms with E-state index in [1.54, 1.807) is 48.5 Å². The van der Waals surface area contributed by atoms with Crippen molar-refractivity contribution in [3.05, 3.63) is 88.2 Å². The number of rotatable bonds is 4. The predicted molar refractivity (Wildman–Crippen MR) is 119 cm³/mol. The van der Waals surface area contributed by atoms with Crippen molar-refractivity contribution >= 4 is 45.6 Å². The first-order chi connectivity index (χ1) is 14.8. The summed E-state index contributed by atoms with van der Waals surface area (Å²) in [5, 5.41) is 3.32. The molecule has 0 aromatic heterocycles. The van der Waals surface area contributed by atoms with Gasteiger partial charge in [0, 0.05) is 16.3 Å². The lowest BCUT2D eigenvalue weighted by atomic mass is 10.1. The number of amides is 2. The summed E-state index contributed by atoms with van der Waals surface area (Å²) < 4.78 is 25.7. The Hall–Kier alpha value is -3.03. The summed E-state index contributed by atoms with van der Waals surface area (Å²) in [6, 6.07) is 15.8. The number of carbonyl (C=O) groups excluding carboxylic acids is 2. The van der Waals surface area contributed by atoms with Crippen LogP contribution in [0.1, 0.15) is 21.5 Å². The Bertz CT molecular complexity index is 1210. The van der Waals surface area contributed by atoms with Crippen LogP contribution in [0.5, 0.6) is 0 Å². The van der Waals surface area contributed by atoms with Gasteiger partial charge in [-0.15, -0.1) is 0 Å². The van der Waals surface area contributed by atoms with E-state index in [4.69, 9.17) is 11.6 Å². The Morgan fingerprint density at radius 3 is 2.58 bits per heavy atom. The smallest absolute Gasteiger partial charge is 0.255 e. The Kier molecular flexibility index (Phi) is 5.89. The van der Waals surface area contributed by atoms with Crippen LogP contribution in [-0.2, 0) is 22.1 Å². The van der Waals surface area contributed by atoms with Crippen LogP contribution in [0.3, 0.4) is 0 Å². The molecular formula is C23H18ClFN2O3S. The van der Waals surface area contributed by atoms with E-state index >= 15 is 0 Å². The number of anilines is 2. The number of halogens is 2. The molecule has 4 rings (SSSR count). The van der Waals surface area contributed by atoms with Gasteiger partial charge in [-0.2, -0.15) is 0 Å². The van der Waals surface area contributed by atoms with Crippen molar-refractivity contribution in [1.82, 2.24) is 0 Å². The SMILES string of the molecule is Cc1ccc(NC(=O)c2ccc3c(c2)N(Cc2ccc(F)cc2)C(=O)C[S@]3=O)cc1Cl. The van der Waals surface area contributed by atoms with Crippen LogP contribution in [0.25, 0.3) is 0 Å². The molecule has 0 aliphatic carbocycles. The molecule has 0 saturated heterocycles. The average molecular weight is 457 g/mol. The molecule has 3 aromatic rings. The molecule has 31 heavy (non-hydrogen) atoms. The zero-order valence-corrected chi connectivity index (χ0v) is 18.1. The second-order valence-corrected chi connectivity index (χ2v) is 9.02. The van der Waals surface area contributed by atoms with Gasteiger partial charge in [-0.05, 0) is 60.5 Å². The van der Waals surface area contributed by atoms with E-state index in [0.717, 1.165) is 11.1 Å².